The molecular weight excluding hydrogens is 484 g/mol. The predicted octanol–water partition coefficient (Wildman–Crippen LogP) is 4.19. The number of carbonyl (C=O) groups is 3. The number of hydrazine groups is 1. The van der Waals surface area contributed by atoms with Gasteiger partial charge in [0, 0.05) is 23.6 Å². The molecule has 2 aromatic carbocycles. The molecule has 0 unspecified atom stereocenters. The van der Waals surface area contributed by atoms with Gasteiger partial charge in [0.25, 0.3) is 11.8 Å². The van der Waals surface area contributed by atoms with Crippen molar-refractivity contribution >= 4 is 75.3 Å². The Bertz CT molecular complexity index is 1110. The molecule has 31 heavy (non-hydrogen) atoms. The molecule has 0 bridgehead atoms. The number of benzene rings is 2. The first-order valence-electron chi connectivity index (χ1n) is 8.80. The van der Waals surface area contributed by atoms with E-state index in [2.05, 4.69) is 10.9 Å². The Labute approximate surface area is 196 Å². The summed E-state index contributed by atoms with van der Waals surface area (Å²) in [6, 6.07) is 10.4. The first-order chi connectivity index (χ1) is 14.8. The minimum atomic E-state index is -0.617. The fourth-order valence-electron chi connectivity index (χ4n) is 2.57. The van der Waals surface area contributed by atoms with Gasteiger partial charge in [-0.15, -0.1) is 0 Å². The fourth-order valence-corrected chi connectivity index (χ4v) is 4.36. The second kappa shape index (κ2) is 10.2. The van der Waals surface area contributed by atoms with Crippen LogP contribution in [0.15, 0.2) is 47.4 Å². The molecule has 1 fully saturated rings. The average Bonchev–Trinajstić information content (AvgIpc) is 2.99. The van der Waals surface area contributed by atoms with Crippen LogP contribution in [0.25, 0.3) is 6.08 Å². The first kappa shape index (κ1) is 23.2. The van der Waals surface area contributed by atoms with E-state index in [0.29, 0.717) is 5.02 Å². The van der Waals surface area contributed by atoms with Crippen LogP contribution >= 0.6 is 47.2 Å². The molecule has 2 aromatic rings. The first-order valence-corrected chi connectivity index (χ1v) is 10.8. The monoisotopic (exact) mass is 497 g/mol. The van der Waals surface area contributed by atoms with Crippen molar-refractivity contribution in [2.45, 2.75) is 6.42 Å². The summed E-state index contributed by atoms with van der Waals surface area (Å²) in [6.45, 7) is 0.00266. The number of amides is 3. The van der Waals surface area contributed by atoms with Gasteiger partial charge in [-0.05, 0) is 30.3 Å². The molecule has 0 spiro atoms. The molecule has 1 aliphatic rings. The second-order valence-corrected chi connectivity index (χ2v) is 8.75. The zero-order valence-corrected chi connectivity index (χ0v) is 18.8. The van der Waals surface area contributed by atoms with Crippen molar-refractivity contribution in [3.05, 3.63) is 74.4 Å². The van der Waals surface area contributed by atoms with E-state index in [1.165, 1.54) is 35.2 Å². The van der Waals surface area contributed by atoms with Crippen LogP contribution in [-0.2, 0) is 9.59 Å². The van der Waals surface area contributed by atoms with Crippen molar-refractivity contribution < 1.29 is 18.8 Å². The van der Waals surface area contributed by atoms with Gasteiger partial charge in [0.2, 0.25) is 5.91 Å². The van der Waals surface area contributed by atoms with Crippen LogP contribution in [0.5, 0.6) is 0 Å². The molecule has 160 valence electrons. The molecule has 1 heterocycles. The zero-order chi connectivity index (χ0) is 22.5. The van der Waals surface area contributed by atoms with E-state index < -0.39 is 23.5 Å². The number of hydrogen-bond donors (Lipinski definition) is 2. The zero-order valence-electron chi connectivity index (χ0n) is 15.7. The minimum Gasteiger partial charge on any atom is -0.292 e. The van der Waals surface area contributed by atoms with Gasteiger partial charge in [-0.25, -0.2) is 4.39 Å². The van der Waals surface area contributed by atoms with Crippen LogP contribution in [0.2, 0.25) is 10.0 Å². The molecule has 3 amide bonds. The maximum Gasteiger partial charge on any atom is 0.271 e. The Balaban J connectivity index is 1.54. The third kappa shape index (κ3) is 5.82. The van der Waals surface area contributed by atoms with E-state index in [-0.39, 0.29) is 38.3 Å². The maximum atomic E-state index is 13.8. The summed E-state index contributed by atoms with van der Waals surface area (Å²) in [4.78, 5) is 38.3. The van der Waals surface area contributed by atoms with E-state index in [1.807, 2.05) is 0 Å². The quantitative estimate of drug-likeness (QED) is 0.368. The summed E-state index contributed by atoms with van der Waals surface area (Å²) in [5.41, 5.74) is 4.90. The van der Waals surface area contributed by atoms with Gasteiger partial charge in [-0.2, -0.15) is 0 Å². The van der Waals surface area contributed by atoms with Crippen LogP contribution in [0.3, 0.4) is 0 Å². The summed E-state index contributed by atoms with van der Waals surface area (Å²) in [5.74, 6) is -2.02. The lowest BCUT2D eigenvalue weighted by molar-refractivity contribution is -0.124. The van der Waals surface area contributed by atoms with Gasteiger partial charge in [0.15, 0.2) is 0 Å². The number of nitrogens with one attached hydrogen (secondary N) is 2. The van der Waals surface area contributed by atoms with E-state index in [0.717, 1.165) is 11.8 Å². The molecule has 0 radical (unpaired) electrons. The van der Waals surface area contributed by atoms with Crippen LogP contribution in [0, 0.1) is 5.82 Å². The fraction of sp³-hybridized carbons (Fsp3) is 0.100. The van der Waals surface area contributed by atoms with E-state index in [9.17, 15) is 18.8 Å². The molecule has 11 heteroatoms. The van der Waals surface area contributed by atoms with Gasteiger partial charge in [-0.3, -0.25) is 30.1 Å². The lowest BCUT2D eigenvalue weighted by atomic mass is 10.2. The molecule has 0 aliphatic carbocycles. The molecule has 0 atom stereocenters. The highest BCUT2D eigenvalue weighted by Crippen LogP contribution is 2.33. The van der Waals surface area contributed by atoms with Gasteiger partial charge >= 0.3 is 0 Å². The number of nitrogens with zero attached hydrogens (tertiary/aromatic N) is 1. The summed E-state index contributed by atoms with van der Waals surface area (Å²) >= 11 is 18.0. The summed E-state index contributed by atoms with van der Waals surface area (Å²) in [6.07, 6.45) is 1.30. The van der Waals surface area contributed by atoms with Gasteiger partial charge in [-0.1, -0.05) is 65.4 Å². The number of carbonyl (C=O) groups excluding carboxylic acids is 3. The van der Waals surface area contributed by atoms with Crippen LogP contribution in [-0.4, -0.2) is 33.5 Å². The van der Waals surface area contributed by atoms with Crippen LogP contribution in [0.4, 0.5) is 4.39 Å². The Hall–Kier alpha value is -2.46. The molecule has 0 aromatic heterocycles. The second-order valence-electron chi connectivity index (χ2n) is 6.23. The van der Waals surface area contributed by atoms with E-state index in [4.69, 9.17) is 35.4 Å². The Kier molecular flexibility index (Phi) is 7.66. The molecule has 0 saturated carbocycles. The van der Waals surface area contributed by atoms with Gasteiger partial charge in [0.1, 0.15) is 10.1 Å². The van der Waals surface area contributed by atoms with E-state index in [1.54, 1.807) is 18.2 Å². The number of rotatable bonds is 5. The molecular formula is C20H14Cl2FN3O3S2. The number of halogens is 3. The normalized spacial score (nSPS) is 14.8. The predicted molar refractivity (Wildman–Crippen MR) is 123 cm³/mol. The highest BCUT2D eigenvalue weighted by atomic mass is 35.5. The smallest absolute Gasteiger partial charge is 0.271 e. The highest BCUT2D eigenvalue weighted by Gasteiger charge is 2.32. The molecule has 1 saturated heterocycles. The van der Waals surface area contributed by atoms with Crippen LogP contribution in [0.1, 0.15) is 22.3 Å². The summed E-state index contributed by atoms with van der Waals surface area (Å²) in [7, 11) is 0. The summed E-state index contributed by atoms with van der Waals surface area (Å²) in [5, 5.41) is 0.511. The van der Waals surface area contributed by atoms with Gasteiger partial charge in [0.05, 0.1) is 15.5 Å². The van der Waals surface area contributed by atoms with Crippen molar-refractivity contribution in [1.29, 1.82) is 0 Å². The number of hydrogen-bond acceptors (Lipinski definition) is 5. The lowest BCUT2D eigenvalue weighted by Gasteiger charge is -2.14. The Morgan fingerprint density at radius 2 is 1.90 bits per heavy atom. The van der Waals surface area contributed by atoms with Gasteiger partial charge < -0.3 is 0 Å². The standard InChI is InChI=1S/C20H14Cl2FN3O3S2/c21-12-5-6-13(14(22)10-12)18(28)25-24-17(27)7-8-26-19(29)16(31-20(26)30)9-11-3-1-2-4-15(11)23/h1-6,9-10H,7-8H2,(H,24,27)(H,25,28)/b16-9+. The Morgan fingerprint density at radius 3 is 2.61 bits per heavy atom. The molecule has 3 rings (SSSR count). The van der Waals surface area contributed by atoms with E-state index >= 15 is 0 Å². The molecule has 2 N–H and O–H groups in total. The Morgan fingerprint density at radius 1 is 1.16 bits per heavy atom. The maximum absolute atomic E-state index is 13.8. The lowest BCUT2D eigenvalue weighted by Crippen LogP contribution is -2.43. The van der Waals surface area contributed by atoms with Crippen molar-refractivity contribution in [2.75, 3.05) is 6.54 Å². The third-order valence-corrected chi connectivity index (χ3v) is 6.04. The third-order valence-electron chi connectivity index (χ3n) is 4.12. The van der Waals surface area contributed by atoms with Crippen molar-refractivity contribution in [1.82, 2.24) is 15.8 Å². The van der Waals surface area contributed by atoms with Crippen LogP contribution < -0.4 is 10.9 Å². The van der Waals surface area contributed by atoms with Crippen molar-refractivity contribution in [3.8, 4) is 0 Å². The average molecular weight is 498 g/mol. The number of thiocarbonyl (C=S) groups is 1. The minimum absolute atomic E-state index is 0.00266. The highest BCUT2D eigenvalue weighted by molar-refractivity contribution is 8.26. The topological polar surface area (TPSA) is 78.5 Å². The van der Waals surface area contributed by atoms with Crippen molar-refractivity contribution in [2.24, 2.45) is 0 Å². The SMILES string of the molecule is O=C(CCN1C(=O)/C(=C\c2ccccc2F)SC1=S)NNC(=O)c1ccc(Cl)cc1Cl. The summed E-state index contributed by atoms with van der Waals surface area (Å²) < 4.78 is 14.1. The number of thioether (sulfide) groups is 1. The largest absolute Gasteiger partial charge is 0.292 e. The van der Waals surface area contributed by atoms with Crippen molar-refractivity contribution in [3.63, 3.8) is 0 Å². The molecule has 6 nitrogen and oxygen atoms in total. The molecule has 1 aliphatic heterocycles.